The molecule has 0 bridgehead atoms. The molecule has 1 amide bonds. The van der Waals surface area contributed by atoms with Crippen molar-refractivity contribution in [2.75, 3.05) is 0 Å². The molecule has 0 aliphatic carbocycles. The van der Waals surface area contributed by atoms with Gasteiger partial charge in [-0.3, -0.25) is 4.79 Å². The van der Waals surface area contributed by atoms with Crippen molar-refractivity contribution in [3.63, 3.8) is 0 Å². The first-order valence-corrected chi connectivity index (χ1v) is 9.37. The van der Waals surface area contributed by atoms with Crippen LogP contribution in [0.5, 0.6) is 0 Å². The first kappa shape index (κ1) is 17.3. The van der Waals surface area contributed by atoms with Crippen LogP contribution in [0.15, 0.2) is 54.9 Å². The van der Waals surface area contributed by atoms with Crippen LogP contribution in [0.2, 0.25) is 0 Å². The number of pyridine rings is 1. The second-order valence-electron chi connectivity index (χ2n) is 6.58. The summed E-state index contributed by atoms with van der Waals surface area (Å²) in [6, 6.07) is 13.6. The number of aromatic nitrogens is 4. The molecule has 3 heterocycles. The average Bonchev–Trinajstić information content (AvgIpc) is 3.28. The molecule has 4 aromatic rings. The Labute approximate surface area is 157 Å². The van der Waals surface area contributed by atoms with E-state index in [4.69, 9.17) is 4.98 Å². The van der Waals surface area contributed by atoms with E-state index in [0.717, 1.165) is 34.6 Å². The molecule has 0 fully saturated rings. The molecule has 27 heavy (non-hydrogen) atoms. The van der Waals surface area contributed by atoms with E-state index >= 15 is 0 Å². The minimum atomic E-state index is -0.288. The monoisotopic (exact) mass is 361 g/mol. The number of aryl methyl sites for hydroxylation is 1. The summed E-state index contributed by atoms with van der Waals surface area (Å²) in [6.07, 6.45) is 5.38. The standard InChI is InChI=1S/C21H23N5O/c1-3-17(26-18-10-6-5-9-16(18)24-19(26)4-2)21(27)22-13-15-14-25-12-8-7-11-20(25)23-15/h5-12,14,17H,3-4,13H2,1-2H3,(H,22,27). The van der Waals surface area contributed by atoms with Gasteiger partial charge in [-0.1, -0.05) is 32.0 Å². The van der Waals surface area contributed by atoms with Gasteiger partial charge in [0.25, 0.3) is 0 Å². The molecule has 6 heteroatoms. The minimum Gasteiger partial charge on any atom is -0.349 e. The van der Waals surface area contributed by atoms with E-state index in [1.807, 2.05) is 66.2 Å². The van der Waals surface area contributed by atoms with E-state index in [1.165, 1.54) is 0 Å². The number of para-hydroxylation sites is 2. The van der Waals surface area contributed by atoms with Crippen molar-refractivity contribution in [3.05, 3.63) is 66.4 Å². The number of imidazole rings is 2. The molecule has 0 saturated heterocycles. The Balaban J connectivity index is 1.58. The fourth-order valence-corrected chi connectivity index (χ4v) is 3.54. The van der Waals surface area contributed by atoms with Gasteiger partial charge in [-0.15, -0.1) is 0 Å². The first-order valence-electron chi connectivity index (χ1n) is 9.37. The number of rotatable bonds is 6. The van der Waals surface area contributed by atoms with Crippen molar-refractivity contribution in [1.82, 2.24) is 24.3 Å². The van der Waals surface area contributed by atoms with Gasteiger partial charge in [0.2, 0.25) is 5.91 Å². The van der Waals surface area contributed by atoms with Crippen LogP contribution in [0.25, 0.3) is 16.7 Å². The van der Waals surface area contributed by atoms with Crippen molar-refractivity contribution in [3.8, 4) is 0 Å². The van der Waals surface area contributed by atoms with E-state index < -0.39 is 0 Å². The maximum atomic E-state index is 13.0. The highest BCUT2D eigenvalue weighted by Crippen LogP contribution is 2.24. The van der Waals surface area contributed by atoms with Crippen LogP contribution in [0.3, 0.4) is 0 Å². The number of hydrogen-bond donors (Lipinski definition) is 1. The third-order valence-corrected chi connectivity index (χ3v) is 4.84. The number of amides is 1. The largest absolute Gasteiger partial charge is 0.349 e. The van der Waals surface area contributed by atoms with Gasteiger partial charge in [0.1, 0.15) is 17.5 Å². The van der Waals surface area contributed by atoms with Gasteiger partial charge in [-0.2, -0.15) is 0 Å². The Hall–Kier alpha value is -3.15. The number of nitrogens with one attached hydrogen (secondary N) is 1. The zero-order chi connectivity index (χ0) is 18.8. The van der Waals surface area contributed by atoms with Gasteiger partial charge >= 0.3 is 0 Å². The lowest BCUT2D eigenvalue weighted by molar-refractivity contribution is -0.124. The lowest BCUT2D eigenvalue weighted by atomic mass is 10.2. The summed E-state index contributed by atoms with van der Waals surface area (Å²) in [5.74, 6) is 0.929. The molecule has 1 N–H and O–H groups in total. The summed E-state index contributed by atoms with van der Waals surface area (Å²) in [4.78, 5) is 22.2. The smallest absolute Gasteiger partial charge is 0.243 e. The predicted molar refractivity (Wildman–Crippen MR) is 105 cm³/mol. The zero-order valence-electron chi connectivity index (χ0n) is 15.6. The van der Waals surface area contributed by atoms with Crippen LogP contribution in [-0.2, 0) is 17.8 Å². The van der Waals surface area contributed by atoms with Crippen molar-refractivity contribution >= 4 is 22.6 Å². The van der Waals surface area contributed by atoms with Crippen molar-refractivity contribution < 1.29 is 4.79 Å². The molecular weight excluding hydrogens is 338 g/mol. The maximum absolute atomic E-state index is 13.0. The number of nitrogens with zero attached hydrogens (tertiary/aromatic N) is 4. The van der Waals surface area contributed by atoms with Crippen molar-refractivity contribution in [2.45, 2.75) is 39.3 Å². The summed E-state index contributed by atoms with van der Waals surface area (Å²) < 4.78 is 4.03. The van der Waals surface area contributed by atoms with Crippen molar-refractivity contribution in [2.24, 2.45) is 0 Å². The third kappa shape index (κ3) is 3.18. The quantitative estimate of drug-likeness (QED) is 0.571. The van der Waals surface area contributed by atoms with Crippen LogP contribution in [0.1, 0.15) is 37.8 Å². The molecule has 138 valence electrons. The fourth-order valence-electron chi connectivity index (χ4n) is 3.54. The summed E-state index contributed by atoms with van der Waals surface area (Å²) >= 11 is 0. The second-order valence-corrected chi connectivity index (χ2v) is 6.58. The molecule has 1 atom stereocenters. The summed E-state index contributed by atoms with van der Waals surface area (Å²) in [5, 5.41) is 3.05. The summed E-state index contributed by atoms with van der Waals surface area (Å²) in [7, 11) is 0. The van der Waals surface area contributed by atoms with Crippen LogP contribution in [-0.4, -0.2) is 24.8 Å². The van der Waals surface area contributed by atoms with E-state index in [-0.39, 0.29) is 11.9 Å². The van der Waals surface area contributed by atoms with Gasteiger partial charge in [-0.25, -0.2) is 9.97 Å². The number of fused-ring (bicyclic) bond motifs is 2. The number of carbonyl (C=O) groups is 1. The Morgan fingerprint density at radius 1 is 1.11 bits per heavy atom. The highest BCUT2D eigenvalue weighted by atomic mass is 16.2. The molecule has 0 aliphatic rings. The molecule has 0 saturated carbocycles. The van der Waals surface area contributed by atoms with Crippen LogP contribution < -0.4 is 5.32 Å². The molecular formula is C21H23N5O. The summed E-state index contributed by atoms with van der Waals surface area (Å²) in [6.45, 7) is 4.51. The van der Waals surface area contributed by atoms with Gasteiger partial charge in [0.15, 0.2) is 0 Å². The number of carbonyl (C=O) groups excluding carboxylic acids is 1. The highest BCUT2D eigenvalue weighted by Gasteiger charge is 2.23. The van der Waals surface area contributed by atoms with Gasteiger partial charge in [-0.05, 0) is 30.7 Å². The number of hydrogen-bond acceptors (Lipinski definition) is 3. The fraction of sp³-hybridized carbons (Fsp3) is 0.286. The minimum absolute atomic E-state index is 0.00703. The summed E-state index contributed by atoms with van der Waals surface area (Å²) in [5.41, 5.74) is 3.66. The third-order valence-electron chi connectivity index (χ3n) is 4.84. The van der Waals surface area contributed by atoms with Gasteiger partial charge < -0.3 is 14.3 Å². The molecule has 0 spiro atoms. The van der Waals surface area contributed by atoms with Crippen LogP contribution in [0, 0.1) is 0 Å². The Bertz CT molecular complexity index is 1060. The Morgan fingerprint density at radius 3 is 2.70 bits per heavy atom. The molecule has 1 unspecified atom stereocenters. The zero-order valence-corrected chi connectivity index (χ0v) is 15.6. The van der Waals surface area contributed by atoms with E-state index in [1.54, 1.807) is 0 Å². The molecule has 4 rings (SSSR count). The normalized spacial score (nSPS) is 12.5. The molecule has 0 aliphatic heterocycles. The van der Waals surface area contributed by atoms with E-state index in [9.17, 15) is 4.79 Å². The van der Waals surface area contributed by atoms with Crippen LogP contribution in [0.4, 0.5) is 0 Å². The highest BCUT2D eigenvalue weighted by molar-refractivity contribution is 5.84. The van der Waals surface area contributed by atoms with Crippen LogP contribution >= 0.6 is 0 Å². The first-order chi connectivity index (χ1) is 13.2. The lowest BCUT2D eigenvalue weighted by Gasteiger charge is -2.19. The topological polar surface area (TPSA) is 64.2 Å². The molecule has 6 nitrogen and oxygen atoms in total. The Morgan fingerprint density at radius 2 is 1.93 bits per heavy atom. The Kier molecular flexibility index (Phi) is 4.62. The SMILES string of the molecule is CCc1nc2ccccc2n1C(CC)C(=O)NCc1cn2ccccc2n1. The van der Waals surface area contributed by atoms with E-state index in [0.29, 0.717) is 13.0 Å². The molecule has 0 radical (unpaired) electrons. The van der Waals surface area contributed by atoms with Gasteiger partial charge in [0, 0.05) is 18.8 Å². The number of benzene rings is 1. The molecule has 3 aromatic heterocycles. The lowest BCUT2D eigenvalue weighted by Crippen LogP contribution is -2.32. The second kappa shape index (κ2) is 7.23. The van der Waals surface area contributed by atoms with Gasteiger partial charge in [0.05, 0.1) is 23.3 Å². The maximum Gasteiger partial charge on any atom is 0.243 e. The molecule has 1 aromatic carbocycles. The van der Waals surface area contributed by atoms with E-state index in [2.05, 4.69) is 21.8 Å². The predicted octanol–water partition coefficient (Wildman–Crippen LogP) is 3.51. The average molecular weight is 361 g/mol. The van der Waals surface area contributed by atoms with Crippen molar-refractivity contribution in [1.29, 1.82) is 0 Å².